The van der Waals surface area contributed by atoms with Gasteiger partial charge >= 0.3 is 0 Å². The lowest BCUT2D eigenvalue weighted by molar-refractivity contribution is -0.00334. The van der Waals surface area contributed by atoms with Crippen molar-refractivity contribution in [1.29, 1.82) is 0 Å². The molecule has 0 aliphatic carbocycles. The third-order valence-electron chi connectivity index (χ3n) is 1.52. The van der Waals surface area contributed by atoms with Crippen molar-refractivity contribution < 1.29 is 14.6 Å². The van der Waals surface area contributed by atoms with E-state index in [0.29, 0.717) is 6.61 Å². The van der Waals surface area contributed by atoms with Crippen LogP contribution in [0, 0.1) is 0 Å². The fourth-order valence-corrected chi connectivity index (χ4v) is 0.896. The van der Waals surface area contributed by atoms with E-state index in [0.717, 1.165) is 38.9 Å². The van der Waals surface area contributed by atoms with E-state index in [-0.39, 0.29) is 6.79 Å². The van der Waals surface area contributed by atoms with Crippen molar-refractivity contribution in [2.45, 2.75) is 32.6 Å². The summed E-state index contributed by atoms with van der Waals surface area (Å²) in [7, 11) is 0. The SMILES string of the molecule is CCCOCCCCCOCO. The molecule has 0 aromatic heterocycles. The van der Waals surface area contributed by atoms with Crippen LogP contribution >= 0.6 is 0 Å². The minimum absolute atomic E-state index is 0.160. The summed E-state index contributed by atoms with van der Waals surface area (Å²) in [5.74, 6) is 0. The second kappa shape index (κ2) is 10.9. The average molecular weight is 176 g/mol. The van der Waals surface area contributed by atoms with Crippen LogP contribution in [0.4, 0.5) is 0 Å². The lowest BCUT2D eigenvalue weighted by Crippen LogP contribution is -1.98. The van der Waals surface area contributed by atoms with Crippen LogP contribution in [0.25, 0.3) is 0 Å². The van der Waals surface area contributed by atoms with Gasteiger partial charge in [0.15, 0.2) is 0 Å². The third-order valence-corrected chi connectivity index (χ3v) is 1.52. The van der Waals surface area contributed by atoms with E-state index in [4.69, 9.17) is 14.6 Å². The van der Waals surface area contributed by atoms with Crippen LogP contribution in [0.3, 0.4) is 0 Å². The van der Waals surface area contributed by atoms with Crippen LogP contribution in [0.15, 0.2) is 0 Å². The lowest BCUT2D eigenvalue weighted by Gasteiger charge is -2.02. The summed E-state index contributed by atoms with van der Waals surface area (Å²) in [6.45, 7) is 4.33. The normalized spacial score (nSPS) is 10.5. The molecule has 12 heavy (non-hydrogen) atoms. The van der Waals surface area contributed by atoms with Crippen molar-refractivity contribution in [2.75, 3.05) is 26.6 Å². The zero-order valence-electron chi connectivity index (χ0n) is 7.92. The topological polar surface area (TPSA) is 38.7 Å². The Morgan fingerprint density at radius 2 is 1.58 bits per heavy atom. The Balaban J connectivity index is 2.73. The third kappa shape index (κ3) is 9.88. The molecule has 0 aliphatic rings. The molecule has 0 unspecified atom stereocenters. The Labute approximate surface area is 74.7 Å². The van der Waals surface area contributed by atoms with E-state index in [1.54, 1.807) is 0 Å². The van der Waals surface area contributed by atoms with Crippen molar-refractivity contribution in [3.05, 3.63) is 0 Å². The van der Waals surface area contributed by atoms with Gasteiger partial charge < -0.3 is 14.6 Å². The number of aliphatic hydroxyl groups is 1. The Morgan fingerprint density at radius 1 is 0.917 bits per heavy atom. The molecule has 1 N–H and O–H groups in total. The first-order valence-corrected chi connectivity index (χ1v) is 4.68. The van der Waals surface area contributed by atoms with E-state index in [1.165, 1.54) is 0 Å². The Hall–Kier alpha value is -0.120. The van der Waals surface area contributed by atoms with Gasteiger partial charge in [-0.25, -0.2) is 0 Å². The molecule has 0 aromatic carbocycles. The fraction of sp³-hybridized carbons (Fsp3) is 1.00. The predicted octanol–water partition coefficient (Wildman–Crippen LogP) is 1.55. The van der Waals surface area contributed by atoms with Crippen molar-refractivity contribution in [1.82, 2.24) is 0 Å². The number of ether oxygens (including phenoxy) is 2. The average Bonchev–Trinajstić information content (AvgIpc) is 2.10. The summed E-state index contributed by atoms with van der Waals surface area (Å²) in [4.78, 5) is 0. The van der Waals surface area contributed by atoms with Gasteiger partial charge in [-0.15, -0.1) is 0 Å². The molecular weight excluding hydrogens is 156 g/mol. The highest BCUT2D eigenvalue weighted by Crippen LogP contribution is 1.96. The molecular formula is C9H20O3. The molecule has 3 nitrogen and oxygen atoms in total. The molecule has 0 aliphatic heterocycles. The molecule has 0 saturated heterocycles. The van der Waals surface area contributed by atoms with E-state index >= 15 is 0 Å². The molecule has 0 amide bonds. The van der Waals surface area contributed by atoms with Gasteiger partial charge in [0.25, 0.3) is 0 Å². The number of unbranched alkanes of at least 4 members (excludes halogenated alkanes) is 2. The van der Waals surface area contributed by atoms with Crippen LogP contribution in [0.1, 0.15) is 32.6 Å². The number of rotatable bonds is 9. The molecule has 0 atom stereocenters. The smallest absolute Gasteiger partial charge is 0.143 e. The summed E-state index contributed by atoms with van der Waals surface area (Å²) in [6.07, 6.45) is 4.31. The second-order valence-corrected chi connectivity index (χ2v) is 2.71. The summed E-state index contributed by atoms with van der Waals surface area (Å²) < 4.78 is 10.1. The number of aliphatic hydroxyl groups excluding tert-OH is 1. The number of hydrogen-bond acceptors (Lipinski definition) is 3. The van der Waals surface area contributed by atoms with Crippen LogP contribution < -0.4 is 0 Å². The van der Waals surface area contributed by atoms with Crippen molar-refractivity contribution in [3.8, 4) is 0 Å². The largest absolute Gasteiger partial charge is 0.381 e. The molecule has 0 bridgehead atoms. The van der Waals surface area contributed by atoms with Gasteiger partial charge in [-0.3, -0.25) is 0 Å². The molecule has 0 saturated carbocycles. The van der Waals surface area contributed by atoms with Crippen molar-refractivity contribution >= 4 is 0 Å². The van der Waals surface area contributed by atoms with Crippen molar-refractivity contribution in [3.63, 3.8) is 0 Å². The predicted molar refractivity (Wildman–Crippen MR) is 48.0 cm³/mol. The summed E-state index contributed by atoms with van der Waals surface area (Å²) in [6, 6.07) is 0. The minimum Gasteiger partial charge on any atom is -0.381 e. The first-order chi connectivity index (χ1) is 5.91. The van der Waals surface area contributed by atoms with Gasteiger partial charge in [0, 0.05) is 19.8 Å². The van der Waals surface area contributed by atoms with Crippen LogP contribution in [-0.4, -0.2) is 31.7 Å². The fourth-order valence-electron chi connectivity index (χ4n) is 0.896. The van der Waals surface area contributed by atoms with Crippen LogP contribution in [-0.2, 0) is 9.47 Å². The van der Waals surface area contributed by atoms with E-state index < -0.39 is 0 Å². The standard InChI is InChI=1S/C9H20O3/c1-2-6-11-7-4-3-5-8-12-9-10/h10H,2-9H2,1H3. The lowest BCUT2D eigenvalue weighted by atomic mass is 10.2. The molecule has 74 valence electrons. The zero-order valence-corrected chi connectivity index (χ0v) is 7.92. The van der Waals surface area contributed by atoms with Gasteiger partial charge in [0.2, 0.25) is 0 Å². The van der Waals surface area contributed by atoms with Gasteiger partial charge in [-0.1, -0.05) is 6.92 Å². The quantitative estimate of drug-likeness (QED) is 0.428. The Bertz CT molecular complexity index is 66.2. The van der Waals surface area contributed by atoms with Gasteiger partial charge in [0.1, 0.15) is 6.79 Å². The van der Waals surface area contributed by atoms with Gasteiger partial charge in [-0.2, -0.15) is 0 Å². The zero-order chi connectivity index (χ0) is 9.07. The first kappa shape index (κ1) is 11.9. The highest BCUT2D eigenvalue weighted by Gasteiger charge is 1.89. The van der Waals surface area contributed by atoms with Gasteiger partial charge in [-0.05, 0) is 25.7 Å². The Morgan fingerprint density at radius 3 is 2.17 bits per heavy atom. The number of hydrogen-bond donors (Lipinski definition) is 1. The summed E-state index contributed by atoms with van der Waals surface area (Å²) in [5, 5.41) is 8.29. The molecule has 0 radical (unpaired) electrons. The Kier molecular flexibility index (Phi) is 10.8. The minimum atomic E-state index is -0.160. The maximum Gasteiger partial charge on any atom is 0.143 e. The molecule has 3 heteroatoms. The summed E-state index contributed by atoms with van der Waals surface area (Å²) >= 11 is 0. The summed E-state index contributed by atoms with van der Waals surface area (Å²) in [5.41, 5.74) is 0. The van der Waals surface area contributed by atoms with E-state index in [2.05, 4.69) is 6.92 Å². The second-order valence-electron chi connectivity index (χ2n) is 2.71. The molecule has 0 aromatic rings. The molecule has 0 heterocycles. The highest BCUT2D eigenvalue weighted by molar-refractivity contribution is 4.39. The molecule has 0 fully saturated rings. The van der Waals surface area contributed by atoms with Crippen LogP contribution in [0.2, 0.25) is 0 Å². The molecule has 0 spiro atoms. The highest BCUT2D eigenvalue weighted by atomic mass is 16.6. The van der Waals surface area contributed by atoms with Crippen LogP contribution in [0.5, 0.6) is 0 Å². The van der Waals surface area contributed by atoms with E-state index in [1.807, 2.05) is 0 Å². The maximum absolute atomic E-state index is 8.29. The monoisotopic (exact) mass is 176 g/mol. The maximum atomic E-state index is 8.29. The van der Waals surface area contributed by atoms with Crippen molar-refractivity contribution in [2.24, 2.45) is 0 Å². The molecule has 0 rings (SSSR count). The van der Waals surface area contributed by atoms with E-state index in [9.17, 15) is 0 Å². The van der Waals surface area contributed by atoms with Gasteiger partial charge in [0.05, 0.1) is 0 Å². The first-order valence-electron chi connectivity index (χ1n) is 4.68.